The largest absolute Gasteiger partial charge is 0.356 e. The van der Waals surface area contributed by atoms with Gasteiger partial charge in [-0.3, -0.25) is 14.5 Å². The summed E-state index contributed by atoms with van der Waals surface area (Å²) in [4.78, 5) is 16.2. The molecule has 0 aliphatic carbocycles. The number of aryl methyl sites for hydroxylation is 1. The first-order valence-corrected chi connectivity index (χ1v) is 9.01. The number of guanidine groups is 1. The van der Waals surface area contributed by atoms with Crippen LogP contribution in [-0.4, -0.2) is 48.3 Å². The van der Waals surface area contributed by atoms with Crippen LogP contribution in [0, 0.1) is 0 Å². The van der Waals surface area contributed by atoms with Crippen LogP contribution in [0.4, 0.5) is 0 Å². The molecular formula is C17H23Cl2IN6O. The number of nitrogens with one attached hydrogen (secondary N) is 3. The molecule has 1 aromatic carbocycles. The highest BCUT2D eigenvalue weighted by Gasteiger charge is 2.07. The maximum atomic E-state index is 12.1. The summed E-state index contributed by atoms with van der Waals surface area (Å²) < 4.78 is 1.89. The molecule has 3 N–H and O–H groups in total. The number of benzene rings is 1. The minimum Gasteiger partial charge on any atom is -0.356 e. The molecular weight excluding hydrogens is 502 g/mol. The standard InChI is InChI=1S/C17H22Cl2N6O.HI/c1-20-17(22-6-2-10-25-11-3-7-24-25)23-9-8-21-16(26)13-4-5-14(18)15(19)12-13;/h3-5,7,11-12H,2,6,8-10H2,1H3,(H,21,26)(H2,20,22,23);1H. The Balaban J connectivity index is 0.00000364. The zero-order chi connectivity index (χ0) is 18.8. The van der Waals surface area contributed by atoms with Gasteiger partial charge in [0.05, 0.1) is 10.0 Å². The van der Waals surface area contributed by atoms with Gasteiger partial charge in [0.2, 0.25) is 0 Å². The Morgan fingerprint density at radius 1 is 1.15 bits per heavy atom. The number of aliphatic imine (C=N–C) groups is 1. The van der Waals surface area contributed by atoms with Gasteiger partial charge in [-0.05, 0) is 30.7 Å². The Bertz CT molecular complexity index is 739. The number of hydrogen-bond donors (Lipinski definition) is 3. The number of aromatic nitrogens is 2. The molecule has 0 unspecified atom stereocenters. The summed E-state index contributed by atoms with van der Waals surface area (Å²) in [6.45, 7) is 2.62. The third-order valence-electron chi connectivity index (χ3n) is 3.52. The first-order valence-electron chi connectivity index (χ1n) is 8.25. The molecule has 0 spiro atoms. The average Bonchev–Trinajstić information content (AvgIpc) is 3.16. The Morgan fingerprint density at radius 3 is 2.56 bits per heavy atom. The first-order chi connectivity index (χ1) is 12.6. The Morgan fingerprint density at radius 2 is 1.89 bits per heavy atom. The molecule has 0 aliphatic heterocycles. The highest BCUT2D eigenvalue weighted by molar-refractivity contribution is 14.0. The quantitative estimate of drug-likeness (QED) is 0.214. The van der Waals surface area contributed by atoms with Crippen molar-refractivity contribution in [3.05, 3.63) is 52.3 Å². The van der Waals surface area contributed by atoms with E-state index in [1.807, 2.05) is 16.9 Å². The van der Waals surface area contributed by atoms with E-state index in [0.29, 0.717) is 34.7 Å². The van der Waals surface area contributed by atoms with Gasteiger partial charge in [-0.2, -0.15) is 5.10 Å². The van der Waals surface area contributed by atoms with Crippen molar-refractivity contribution >= 4 is 59.0 Å². The van der Waals surface area contributed by atoms with Crippen molar-refractivity contribution in [1.29, 1.82) is 0 Å². The topological polar surface area (TPSA) is 83.3 Å². The smallest absolute Gasteiger partial charge is 0.251 e. The maximum absolute atomic E-state index is 12.1. The van der Waals surface area contributed by atoms with Crippen molar-refractivity contribution in [1.82, 2.24) is 25.7 Å². The van der Waals surface area contributed by atoms with Gasteiger partial charge in [0, 0.05) is 51.2 Å². The molecule has 10 heteroatoms. The lowest BCUT2D eigenvalue weighted by molar-refractivity contribution is 0.0954. The van der Waals surface area contributed by atoms with E-state index in [4.69, 9.17) is 23.2 Å². The summed E-state index contributed by atoms with van der Waals surface area (Å²) in [5, 5.41) is 14.1. The number of carbonyl (C=O) groups excluding carboxylic acids is 1. The molecule has 1 aromatic heterocycles. The lowest BCUT2D eigenvalue weighted by atomic mass is 10.2. The zero-order valence-corrected chi connectivity index (χ0v) is 18.8. The molecule has 27 heavy (non-hydrogen) atoms. The summed E-state index contributed by atoms with van der Waals surface area (Å²) in [6.07, 6.45) is 4.63. The van der Waals surface area contributed by atoms with E-state index < -0.39 is 0 Å². The third-order valence-corrected chi connectivity index (χ3v) is 4.26. The van der Waals surface area contributed by atoms with E-state index >= 15 is 0 Å². The number of amides is 1. The summed E-state index contributed by atoms with van der Waals surface area (Å²) in [7, 11) is 1.71. The van der Waals surface area contributed by atoms with Gasteiger partial charge in [-0.15, -0.1) is 24.0 Å². The van der Waals surface area contributed by atoms with Crippen LogP contribution in [0.5, 0.6) is 0 Å². The minimum absolute atomic E-state index is 0. The Labute approximate surface area is 185 Å². The fourth-order valence-corrected chi connectivity index (χ4v) is 2.50. The van der Waals surface area contributed by atoms with E-state index in [1.165, 1.54) is 0 Å². The zero-order valence-electron chi connectivity index (χ0n) is 14.9. The third kappa shape index (κ3) is 8.35. The molecule has 1 heterocycles. The van der Waals surface area contributed by atoms with Gasteiger partial charge in [0.15, 0.2) is 5.96 Å². The van der Waals surface area contributed by atoms with Crippen LogP contribution in [0.2, 0.25) is 10.0 Å². The van der Waals surface area contributed by atoms with Crippen molar-refractivity contribution in [2.75, 3.05) is 26.7 Å². The number of hydrogen-bond acceptors (Lipinski definition) is 3. The van der Waals surface area contributed by atoms with E-state index in [9.17, 15) is 4.79 Å². The van der Waals surface area contributed by atoms with Crippen LogP contribution < -0.4 is 16.0 Å². The number of halogens is 3. The molecule has 0 radical (unpaired) electrons. The summed E-state index contributed by atoms with van der Waals surface area (Å²) in [5.74, 6) is 0.488. The Hall–Kier alpha value is -1.52. The molecule has 0 bridgehead atoms. The molecule has 7 nitrogen and oxygen atoms in total. The molecule has 0 saturated heterocycles. The highest BCUT2D eigenvalue weighted by Crippen LogP contribution is 2.22. The van der Waals surface area contributed by atoms with Crippen LogP contribution in [0.25, 0.3) is 0 Å². The summed E-state index contributed by atoms with van der Waals surface area (Å²) in [6, 6.07) is 6.69. The van der Waals surface area contributed by atoms with Gasteiger partial charge in [0.1, 0.15) is 0 Å². The van der Waals surface area contributed by atoms with Gasteiger partial charge in [0.25, 0.3) is 5.91 Å². The molecule has 2 aromatic rings. The van der Waals surface area contributed by atoms with Gasteiger partial charge in [-0.25, -0.2) is 0 Å². The van der Waals surface area contributed by atoms with Crippen LogP contribution >= 0.6 is 47.2 Å². The van der Waals surface area contributed by atoms with Crippen molar-refractivity contribution in [2.24, 2.45) is 4.99 Å². The van der Waals surface area contributed by atoms with Crippen molar-refractivity contribution in [3.8, 4) is 0 Å². The van der Waals surface area contributed by atoms with E-state index in [2.05, 4.69) is 26.0 Å². The number of carbonyl (C=O) groups is 1. The second-order valence-corrected chi connectivity index (χ2v) is 6.25. The van der Waals surface area contributed by atoms with Crippen LogP contribution in [0.1, 0.15) is 16.8 Å². The number of rotatable bonds is 8. The van der Waals surface area contributed by atoms with Crippen LogP contribution in [0.15, 0.2) is 41.7 Å². The molecule has 0 fully saturated rings. The molecule has 1 amide bonds. The first kappa shape index (κ1) is 23.5. The minimum atomic E-state index is -0.201. The second-order valence-electron chi connectivity index (χ2n) is 5.43. The van der Waals surface area contributed by atoms with Crippen LogP contribution in [-0.2, 0) is 6.54 Å². The van der Waals surface area contributed by atoms with Gasteiger partial charge >= 0.3 is 0 Å². The fraction of sp³-hybridized carbons (Fsp3) is 0.353. The van der Waals surface area contributed by atoms with E-state index in [0.717, 1.165) is 19.5 Å². The average molecular weight is 525 g/mol. The molecule has 148 valence electrons. The van der Waals surface area contributed by atoms with Crippen molar-refractivity contribution in [2.45, 2.75) is 13.0 Å². The summed E-state index contributed by atoms with van der Waals surface area (Å²) >= 11 is 11.8. The molecule has 2 rings (SSSR count). The van der Waals surface area contributed by atoms with Crippen molar-refractivity contribution < 1.29 is 4.79 Å². The second kappa shape index (κ2) is 12.8. The predicted molar refractivity (Wildman–Crippen MR) is 120 cm³/mol. The summed E-state index contributed by atoms with van der Waals surface area (Å²) in [5.41, 5.74) is 0.473. The SMILES string of the molecule is CN=C(NCCCn1cccn1)NCCNC(=O)c1ccc(Cl)c(Cl)c1.I. The van der Waals surface area contributed by atoms with E-state index in [1.54, 1.807) is 31.4 Å². The normalized spacial score (nSPS) is 10.9. The maximum Gasteiger partial charge on any atom is 0.251 e. The molecule has 0 saturated carbocycles. The van der Waals surface area contributed by atoms with Gasteiger partial charge < -0.3 is 16.0 Å². The van der Waals surface area contributed by atoms with E-state index in [-0.39, 0.29) is 29.9 Å². The van der Waals surface area contributed by atoms with Gasteiger partial charge in [-0.1, -0.05) is 23.2 Å². The molecule has 0 atom stereocenters. The highest BCUT2D eigenvalue weighted by atomic mass is 127. The Kier molecular flexibility index (Phi) is 11.1. The van der Waals surface area contributed by atoms with Crippen molar-refractivity contribution in [3.63, 3.8) is 0 Å². The lowest BCUT2D eigenvalue weighted by Gasteiger charge is -2.12. The van der Waals surface area contributed by atoms with Crippen LogP contribution in [0.3, 0.4) is 0 Å². The number of nitrogens with zero attached hydrogens (tertiary/aromatic N) is 3. The predicted octanol–water partition coefficient (Wildman–Crippen LogP) is 2.79. The lowest BCUT2D eigenvalue weighted by Crippen LogP contribution is -2.42. The monoisotopic (exact) mass is 524 g/mol. The fourth-order valence-electron chi connectivity index (χ4n) is 2.20. The molecule has 0 aliphatic rings.